The Labute approximate surface area is 156 Å². The minimum absolute atomic E-state index is 0.387. The number of amides is 3. The van der Waals surface area contributed by atoms with Crippen molar-refractivity contribution in [1.82, 2.24) is 10.6 Å². The van der Waals surface area contributed by atoms with Crippen molar-refractivity contribution in [3.63, 3.8) is 0 Å². The van der Waals surface area contributed by atoms with Crippen LogP contribution in [-0.2, 0) is 11.3 Å². The van der Waals surface area contributed by atoms with Gasteiger partial charge >= 0.3 is 6.03 Å². The van der Waals surface area contributed by atoms with Crippen LogP contribution in [0, 0.1) is 0 Å². The third-order valence-corrected chi connectivity index (χ3v) is 4.19. The van der Waals surface area contributed by atoms with Gasteiger partial charge in [-0.05, 0) is 19.1 Å². The average molecular weight is 381 g/mol. The van der Waals surface area contributed by atoms with Crippen molar-refractivity contribution in [3.8, 4) is 0 Å². The van der Waals surface area contributed by atoms with Gasteiger partial charge in [0.15, 0.2) is 6.04 Å². The maximum absolute atomic E-state index is 12.5. The zero-order valence-electron chi connectivity index (χ0n) is 13.8. The standard InChI is InChI=1S/C18H19Cl2N3O2/c1-2-21-18(25)23-17(24)16(12-6-4-3-5-7-12)22-11-13-8-9-14(19)10-15(13)20/h3-10,16,22H,2,11H2,1H3,(H2,21,23,24,25)/p+1/t16-/m0/s1. The molecule has 0 aliphatic rings. The monoisotopic (exact) mass is 380 g/mol. The number of urea groups is 1. The van der Waals surface area contributed by atoms with E-state index in [4.69, 9.17) is 23.2 Å². The lowest BCUT2D eigenvalue weighted by molar-refractivity contribution is -0.698. The zero-order chi connectivity index (χ0) is 18.2. The zero-order valence-corrected chi connectivity index (χ0v) is 15.3. The van der Waals surface area contributed by atoms with Crippen molar-refractivity contribution in [1.29, 1.82) is 0 Å². The van der Waals surface area contributed by atoms with Gasteiger partial charge in [0.2, 0.25) is 0 Å². The van der Waals surface area contributed by atoms with E-state index in [9.17, 15) is 9.59 Å². The van der Waals surface area contributed by atoms with Crippen LogP contribution in [0.2, 0.25) is 10.0 Å². The summed E-state index contributed by atoms with van der Waals surface area (Å²) in [7, 11) is 0. The number of benzene rings is 2. The second kappa shape index (κ2) is 9.42. The maximum Gasteiger partial charge on any atom is 0.321 e. The number of carbonyl (C=O) groups is 2. The van der Waals surface area contributed by atoms with E-state index in [0.29, 0.717) is 23.1 Å². The molecule has 0 bridgehead atoms. The van der Waals surface area contributed by atoms with Crippen molar-refractivity contribution < 1.29 is 14.9 Å². The molecule has 0 unspecified atom stereocenters. The Hall–Kier alpha value is -2.08. The fourth-order valence-electron chi connectivity index (χ4n) is 2.38. The van der Waals surface area contributed by atoms with Gasteiger partial charge in [0.25, 0.3) is 5.91 Å². The first kappa shape index (κ1) is 19.2. The fraction of sp³-hybridized carbons (Fsp3) is 0.222. The van der Waals surface area contributed by atoms with E-state index in [-0.39, 0.29) is 5.91 Å². The molecule has 2 aromatic carbocycles. The highest BCUT2D eigenvalue weighted by molar-refractivity contribution is 6.35. The summed E-state index contributed by atoms with van der Waals surface area (Å²) in [6.07, 6.45) is 0. The van der Waals surface area contributed by atoms with Crippen LogP contribution in [0.15, 0.2) is 48.5 Å². The van der Waals surface area contributed by atoms with Gasteiger partial charge in [-0.2, -0.15) is 0 Å². The summed E-state index contributed by atoms with van der Waals surface area (Å²) in [5.41, 5.74) is 1.66. The molecule has 132 valence electrons. The second-order valence-electron chi connectivity index (χ2n) is 5.41. The van der Waals surface area contributed by atoms with Gasteiger partial charge in [-0.15, -0.1) is 0 Å². The number of rotatable bonds is 6. The fourth-order valence-corrected chi connectivity index (χ4v) is 2.87. The Balaban J connectivity index is 2.14. The molecule has 0 saturated heterocycles. The van der Waals surface area contributed by atoms with Gasteiger partial charge in [-0.25, -0.2) is 4.79 Å². The van der Waals surface area contributed by atoms with Crippen LogP contribution in [0.1, 0.15) is 24.1 Å². The Morgan fingerprint density at radius 2 is 1.84 bits per heavy atom. The number of hydrogen-bond acceptors (Lipinski definition) is 2. The smallest absolute Gasteiger partial charge is 0.321 e. The summed E-state index contributed by atoms with van der Waals surface area (Å²) in [6, 6.07) is 13.4. The normalized spacial score (nSPS) is 11.6. The number of imide groups is 1. The second-order valence-corrected chi connectivity index (χ2v) is 6.26. The van der Waals surface area contributed by atoms with E-state index in [2.05, 4.69) is 10.6 Å². The van der Waals surface area contributed by atoms with Crippen LogP contribution >= 0.6 is 23.2 Å². The molecule has 0 heterocycles. The number of hydrogen-bond donors (Lipinski definition) is 3. The number of nitrogens with one attached hydrogen (secondary N) is 2. The SMILES string of the molecule is CCNC(=O)NC(=O)[C@@H]([NH2+]Cc1ccc(Cl)cc1Cl)c1ccccc1. The van der Waals surface area contributed by atoms with Gasteiger partial charge in [0.1, 0.15) is 6.54 Å². The molecular weight excluding hydrogens is 361 g/mol. The first-order chi connectivity index (χ1) is 12.0. The molecular formula is C18H20Cl2N3O2+. The molecule has 0 radical (unpaired) electrons. The topological polar surface area (TPSA) is 74.8 Å². The van der Waals surface area contributed by atoms with Crippen LogP contribution in [0.3, 0.4) is 0 Å². The molecule has 0 saturated carbocycles. The molecule has 2 aromatic rings. The van der Waals surface area contributed by atoms with E-state index in [1.165, 1.54) is 0 Å². The summed E-state index contributed by atoms with van der Waals surface area (Å²) in [5.74, 6) is -0.387. The number of quaternary nitrogens is 1. The third kappa shape index (κ3) is 5.74. The van der Waals surface area contributed by atoms with Crippen molar-refractivity contribution in [2.24, 2.45) is 0 Å². The summed E-state index contributed by atoms with van der Waals surface area (Å²) < 4.78 is 0. The summed E-state index contributed by atoms with van der Waals surface area (Å²) in [6.45, 7) is 2.70. The minimum atomic E-state index is -0.574. The van der Waals surface area contributed by atoms with Crippen molar-refractivity contribution in [3.05, 3.63) is 69.7 Å². The predicted octanol–water partition coefficient (Wildman–Crippen LogP) is 2.64. The van der Waals surface area contributed by atoms with E-state index >= 15 is 0 Å². The molecule has 7 heteroatoms. The molecule has 4 N–H and O–H groups in total. The number of nitrogens with two attached hydrogens (primary N) is 1. The Morgan fingerprint density at radius 3 is 2.48 bits per heavy atom. The van der Waals surface area contributed by atoms with Crippen LogP contribution in [0.25, 0.3) is 0 Å². The highest BCUT2D eigenvalue weighted by atomic mass is 35.5. The predicted molar refractivity (Wildman–Crippen MR) is 98.5 cm³/mol. The first-order valence-electron chi connectivity index (χ1n) is 7.92. The maximum atomic E-state index is 12.5. The molecule has 0 aliphatic heterocycles. The molecule has 3 amide bonds. The molecule has 0 aliphatic carbocycles. The number of halogens is 2. The molecule has 0 aromatic heterocycles. The Bertz CT molecular complexity index is 738. The lowest BCUT2D eigenvalue weighted by Crippen LogP contribution is -2.86. The molecule has 0 spiro atoms. The van der Waals surface area contributed by atoms with Crippen LogP contribution < -0.4 is 16.0 Å². The van der Waals surface area contributed by atoms with Gasteiger partial charge in [-0.3, -0.25) is 10.1 Å². The largest absolute Gasteiger partial charge is 0.338 e. The highest BCUT2D eigenvalue weighted by Crippen LogP contribution is 2.20. The van der Waals surface area contributed by atoms with Gasteiger partial charge in [-0.1, -0.05) is 59.6 Å². The lowest BCUT2D eigenvalue weighted by Gasteiger charge is -2.16. The van der Waals surface area contributed by atoms with E-state index < -0.39 is 12.1 Å². The van der Waals surface area contributed by atoms with Crippen molar-refractivity contribution in [2.45, 2.75) is 19.5 Å². The van der Waals surface area contributed by atoms with Gasteiger partial charge in [0, 0.05) is 22.7 Å². The van der Waals surface area contributed by atoms with Crippen LogP contribution in [0.5, 0.6) is 0 Å². The molecule has 1 atom stereocenters. The highest BCUT2D eigenvalue weighted by Gasteiger charge is 2.25. The van der Waals surface area contributed by atoms with Crippen molar-refractivity contribution >= 4 is 35.1 Å². The third-order valence-electron chi connectivity index (χ3n) is 3.60. The lowest BCUT2D eigenvalue weighted by atomic mass is 10.1. The Kier molecular flexibility index (Phi) is 7.25. The van der Waals surface area contributed by atoms with E-state index in [1.54, 1.807) is 19.1 Å². The van der Waals surface area contributed by atoms with Crippen LogP contribution in [-0.4, -0.2) is 18.5 Å². The summed E-state index contributed by atoms with van der Waals surface area (Å²) >= 11 is 12.1. The van der Waals surface area contributed by atoms with Crippen LogP contribution in [0.4, 0.5) is 4.79 Å². The molecule has 2 rings (SSSR count). The quantitative estimate of drug-likeness (QED) is 0.720. The Morgan fingerprint density at radius 1 is 1.12 bits per heavy atom. The first-order valence-corrected chi connectivity index (χ1v) is 8.67. The molecule has 0 fully saturated rings. The molecule has 5 nitrogen and oxygen atoms in total. The summed E-state index contributed by atoms with van der Waals surface area (Å²) in [4.78, 5) is 24.2. The average Bonchev–Trinajstić information content (AvgIpc) is 2.58. The van der Waals surface area contributed by atoms with Crippen molar-refractivity contribution in [2.75, 3.05) is 6.54 Å². The van der Waals surface area contributed by atoms with E-state index in [0.717, 1.165) is 11.1 Å². The summed E-state index contributed by atoms with van der Waals surface area (Å²) in [5, 5.41) is 7.85. The molecule has 25 heavy (non-hydrogen) atoms. The minimum Gasteiger partial charge on any atom is -0.338 e. The van der Waals surface area contributed by atoms with E-state index in [1.807, 2.05) is 41.7 Å². The van der Waals surface area contributed by atoms with Gasteiger partial charge in [0.05, 0.1) is 5.02 Å². The number of carbonyl (C=O) groups excluding carboxylic acids is 2. The van der Waals surface area contributed by atoms with Gasteiger partial charge < -0.3 is 10.6 Å².